The number of fused-ring (bicyclic) bond motifs is 1. The topological polar surface area (TPSA) is 81.7 Å². The summed E-state index contributed by atoms with van der Waals surface area (Å²) in [7, 11) is 0. The molecule has 0 fully saturated rings. The van der Waals surface area contributed by atoms with Crippen LogP contribution < -0.4 is 10.1 Å². The number of nitrogens with zero attached hydrogens (tertiary/aromatic N) is 3. The molecule has 4 rings (SSSR count). The standard InChI is InChI=1S/C22H22N4O3/c1-3-28-19-8-7-16(12-15(19)2)20-13-18(25-29-20)22(27)23-10-9-17-14-26-11-5-4-6-21(26)24-17/h4-8,11-14H,3,9-10H2,1-2H3,(H,23,27). The van der Waals surface area contributed by atoms with Gasteiger partial charge >= 0.3 is 0 Å². The van der Waals surface area contributed by atoms with Crippen LogP contribution in [0.2, 0.25) is 0 Å². The van der Waals surface area contributed by atoms with E-state index in [0.717, 1.165) is 28.2 Å². The Morgan fingerprint density at radius 2 is 2.14 bits per heavy atom. The van der Waals surface area contributed by atoms with E-state index in [1.165, 1.54) is 0 Å². The fourth-order valence-electron chi connectivity index (χ4n) is 3.14. The van der Waals surface area contributed by atoms with Crippen molar-refractivity contribution < 1.29 is 14.1 Å². The first-order valence-corrected chi connectivity index (χ1v) is 9.55. The first kappa shape index (κ1) is 18.7. The van der Waals surface area contributed by atoms with Crippen molar-refractivity contribution in [3.8, 4) is 17.1 Å². The molecule has 1 amide bonds. The molecule has 0 saturated heterocycles. The first-order valence-electron chi connectivity index (χ1n) is 9.55. The monoisotopic (exact) mass is 390 g/mol. The molecular weight excluding hydrogens is 368 g/mol. The van der Waals surface area contributed by atoms with Gasteiger partial charge in [-0.1, -0.05) is 11.2 Å². The number of aryl methyl sites for hydroxylation is 1. The van der Waals surface area contributed by atoms with E-state index in [-0.39, 0.29) is 11.6 Å². The fraction of sp³-hybridized carbons (Fsp3) is 0.227. The quantitative estimate of drug-likeness (QED) is 0.521. The minimum absolute atomic E-state index is 0.251. The molecular formula is C22H22N4O3. The van der Waals surface area contributed by atoms with E-state index in [2.05, 4.69) is 15.5 Å². The highest BCUT2D eigenvalue weighted by atomic mass is 16.5. The molecule has 4 aromatic rings. The van der Waals surface area contributed by atoms with E-state index < -0.39 is 0 Å². The van der Waals surface area contributed by atoms with E-state index >= 15 is 0 Å². The minimum atomic E-state index is -0.272. The number of imidazole rings is 1. The predicted molar refractivity (Wildman–Crippen MR) is 109 cm³/mol. The summed E-state index contributed by atoms with van der Waals surface area (Å²) in [4.78, 5) is 16.9. The molecule has 3 heterocycles. The maximum atomic E-state index is 12.4. The van der Waals surface area contributed by atoms with Crippen molar-refractivity contribution in [1.29, 1.82) is 0 Å². The van der Waals surface area contributed by atoms with Gasteiger partial charge in [-0.15, -0.1) is 0 Å². The van der Waals surface area contributed by atoms with Crippen LogP contribution in [-0.4, -0.2) is 33.6 Å². The lowest BCUT2D eigenvalue weighted by Crippen LogP contribution is -2.26. The van der Waals surface area contributed by atoms with Crippen LogP contribution in [0, 0.1) is 6.92 Å². The number of rotatable bonds is 7. The Bertz CT molecular complexity index is 1110. The van der Waals surface area contributed by atoms with Crippen molar-refractivity contribution in [3.63, 3.8) is 0 Å². The Morgan fingerprint density at radius 1 is 1.24 bits per heavy atom. The van der Waals surface area contributed by atoms with Gasteiger partial charge in [0.05, 0.1) is 12.3 Å². The zero-order valence-corrected chi connectivity index (χ0v) is 16.4. The molecule has 0 saturated carbocycles. The van der Waals surface area contributed by atoms with Crippen molar-refractivity contribution in [1.82, 2.24) is 19.9 Å². The Hall–Kier alpha value is -3.61. The zero-order chi connectivity index (χ0) is 20.2. The highest BCUT2D eigenvalue weighted by Crippen LogP contribution is 2.26. The second-order valence-electron chi connectivity index (χ2n) is 6.69. The van der Waals surface area contributed by atoms with Crippen LogP contribution in [0.5, 0.6) is 5.75 Å². The van der Waals surface area contributed by atoms with Gasteiger partial charge in [0.25, 0.3) is 5.91 Å². The summed E-state index contributed by atoms with van der Waals surface area (Å²) in [5, 5.41) is 6.77. The van der Waals surface area contributed by atoms with Gasteiger partial charge in [-0.05, 0) is 49.7 Å². The third-order valence-electron chi connectivity index (χ3n) is 4.58. The van der Waals surface area contributed by atoms with E-state index in [1.54, 1.807) is 6.07 Å². The molecule has 7 heteroatoms. The average Bonchev–Trinajstić information content (AvgIpc) is 3.36. The fourth-order valence-corrected chi connectivity index (χ4v) is 3.14. The second kappa shape index (κ2) is 8.18. The number of hydrogen-bond acceptors (Lipinski definition) is 5. The Morgan fingerprint density at radius 3 is 2.93 bits per heavy atom. The number of pyridine rings is 1. The lowest BCUT2D eigenvalue weighted by atomic mass is 10.1. The molecule has 0 spiro atoms. The molecule has 1 aromatic carbocycles. The molecule has 148 valence electrons. The average molecular weight is 390 g/mol. The van der Waals surface area contributed by atoms with Gasteiger partial charge in [0.1, 0.15) is 11.4 Å². The van der Waals surface area contributed by atoms with Gasteiger partial charge in [-0.25, -0.2) is 4.98 Å². The number of amides is 1. The molecule has 7 nitrogen and oxygen atoms in total. The molecule has 0 bridgehead atoms. The van der Waals surface area contributed by atoms with Gasteiger partial charge in [0.2, 0.25) is 0 Å². The number of hydrogen-bond donors (Lipinski definition) is 1. The van der Waals surface area contributed by atoms with Gasteiger partial charge in [0.15, 0.2) is 11.5 Å². The summed E-state index contributed by atoms with van der Waals surface area (Å²) in [6.07, 6.45) is 4.55. The van der Waals surface area contributed by atoms with Gasteiger partial charge < -0.3 is 19.0 Å². The molecule has 0 aliphatic carbocycles. The van der Waals surface area contributed by atoms with Crippen LogP contribution in [0.1, 0.15) is 28.7 Å². The SMILES string of the molecule is CCOc1ccc(-c2cc(C(=O)NCCc3cn4ccccc4n3)no2)cc1C. The summed E-state index contributed by atoms with van der Waals surface area (Å²) < 4.78 is 12.9. The summed E-state index contributed by atoms with van der Waals surface area (Å²) in [6, 6.07) is 13.2. The van der Waals surface area contributed by atoms with Crippen LogP contribution in [0.3, 0.4) is 0 Å². The summed E-state index contributed by atoms with van der Waals surface area (Å²) in [5.74, 6) is 1.11. The largest absolute Gasteiger partial charge is 0.494 e. The first-order chi connectivity index (χ1) is 14.1. The maximum Gasteiger partial charge on any atom is 0.273 e. The number of nitrogens with one attached hydrogen (secondary N) is 1. The van der Waals surface area contributed by atoms with Crippen molar-refractivity contribution in [2.24, 2.45) is 0 Å². The van der Waals surface area contributed by atoms with Gasteiger partial charge in [-0.2, -0.15) is 0 Å². The lowest BCUT2D eigenvalue weighted by molar-refractivity contribution is 0.0945. The van der Waals surface area contributed by atoms with Crippen LogP contribution in [-0.2, 0) is 6.42 Å². The van der Waals surface area contributed by atoms with E-state index in [0.29, 0.717) is 25.3 Å². The summed E-state index contributed by atoms with van der Waals surface area (Å²) in [5.41, 5.74) is 3.91. The minimum Gasteiger partial charge on any atom is -0.494 e. The molecule has 3 aromatic heterocycles. The molecule has 0 radical (unpaired) electrons. The number of benzene rings is 1. The summed E-state index contributed by atoms with van der Waals surface area (Å²) in [6.45, 7) is 5.00. The zero-order valence-electron chi connectivity index (χ0n) is 16.4. The van der Waals surface area contributed by atoms with E-state index in [1.807, 2.05) is 67.0 Å². The molecule has 29 heavy (non-hydrogen) atoms. The van der Waals surface area contributed by atoms with Crippen molar-refractivity contribution in [3.05, 3.63) is 71.8 Å². The highest BCUT2D eigenvalue weighted by molar-refractivity contribution is 5.93. The van der Waals surface area contributed by atoms with Crippen molar-refractivity contribution in [2.75, 3.05) is 13.2 Å². The van der Waals surface area contributed by atoms with Gasteiger partial charge in [0, 0.05) is 37.0 Å². The third-order valence-corrected chi connectivity index (χ3v) is 4.58. The van der Waals surface area contributed by atoms with E-state index in [9.17, 15) is 4.79 Å². The maximum absolute atomic E-state index is 12.4. The Labute approximate surface area is 168 Å². The molecule has 0 atom stereocenters. The molecule has 1 N–H and O–H groups in total. The van der Waals surface area contributed by atoms with Crippen LogP contribution in [0.15, 0.2) is 59.4 Å². The normalized spacial score (nSPS) is 11.0. The molecule has 0 aliphatic rings. The third kappa shape index (κ3) is 4.13. The number of carbonyl (C=O) groups excluding carboxylic acids is 1. The number of ether oxygens (including phenoxy) is 1. The van der Waals surface area contributed by atoms with Crippen LogP contribution in [0.25, 0.3) is 17.0 Å². The Kier molecular flexibility index (Phi) is 5.29. The molecule has 0 aliphatic heterocycles. The molecule has 0 unspecified atom stereocenters. The van der Waals surface area contributed by atoms with Crippen LogP contribution in [0.4, 0.5) is 0 Å². The van der Waals surface area contributed by atoms with Gasteiger partial charge in [-0.3, -0.25) is 4.79 Å². The smallest absolute Gasteiger partial charge is 0.273 e. The highest BCUT2D eigenvalue weighted by Gasteiger charge is 2.14. The predicted octanol–water partition coefficient (Wildman–Crippen LogP) is 3.67. The summed E-state index contributed by atoms with van der Waals surface area (Å²) >= 11 is 0. The van der Waals surface area contributed by atoms with Crippen LogP contribution >= 0.6 is 0 Å². The lowest BCUT2D eigenvalue weighted by Gasteiger charge is -2.07. The number of carbonyl (C=O) groups is 1. The Balaban J connectivity index is 1.37. The van der Waals surface area contributed by atoms with Crippen molar-refractivity contribution >= 4 is 11.6 Å². The number of aromatic nitrogens is 3. The van der Waals surface area contributed by atoms with E-state index in [4.69, 9.17) is 9.26 Å². The second-order valence-corrected chi connectivity index (χ2v) is 6.69. The van der Waals surface area contributed by atoms with Crippen molar-refractivity contribution in [2.45, 2.75) is 20.3 Å².